The summed E-state index contributed by atoms with van der Waals surface area (Å²) in [4.78, 5) is 22.2. The maximum atomic E-state index is 11.6. The first-order chi connectivity index (χ1) is 11.1. The number of rotatable bonds is 6. The van der Waals surface area contributed by atoms with Crippen molar-refractivity contribution in [3.8, 4) is 0 Å². The Morgan fingerprint density at radius 3 is 2.48 bits per heavy atom. The van der Waals surface area contributed by atoms with Crippen molar-refractivity contribution in [2.24, 2.45) is 5.92 Å². The summed E-state index contributed by atoms with van der Waals surface area (Å²) in [5, 5.41) is 14.0. The third-order valence-corrected chi connectivity index (χ3v) is 4.21. The van der Waals surface area contributed by atoms with E-state index in [1.54, 1.807) is 0 Å². The molecule has 0 radical (unpaired) electrons. The third-order valence-electron chi connectivity index (χ3n) is 4.21. The molecule has 6 nitrogen and oxygen atoms in total. The lowest BCUT2D eigenvalue weighted by molar-refractivity contribution is 0.138. The van der Waals surface area contributed by atoms with E-state index in [1.807, 2.05) is 30.3 Å². The first kappa shape index (κ1) is 17.1. The highest BCUT2D eigenvalue weighted by molar-refractivity contribution is 5.67. The summed E-state index contributed by atoms with van der Waals surface area (Å²) in [6.45, 7) is 0.869. The van der Waals surface area contributed by atoms with Gasteiger partial charge in [-0.2, -0.15) is 0 Å². The molecule has 0 atom stereocenters. The molecule has 1 aromatic rings. The monoisotopic (exact) mass is 320 g/mol. The van der Waals surface area contributed by atoms with Gasteiger partial charge in [0.15, 0.2) is 0 Å². The molecule has 0 aromatic heterocycles. The van der Waals surface area contributed by atoms with Crippen molar-refractivity contribution >= 4 is 12.2 Å². The number of carboxylic acid groups (broad SMARTS) is 1. The number of alkyl carbamates (subject to hydrolysis) is 1. The van der Waals surface area contributed by atoms with E-state index < -0.39 is 12.2 Å². The zero-order chi connectivity index (χ0) is 16.5. The second-order valence-electron chi connectivity index (χ2n) is 5.94. The van der Waals surface area contributed by atoms with Crippen molar-refractivity contribution in [3.63, 3.8) is 0 Å². The van der Waals surface area contributed by atoms with E-state index in [9.17, 15) is 9.59 Å². The Hall–Kier alpha value is -2.24. The van der Waals surface area contributed by atoms with Crippen LogP contribution in [0.1, 0.15) is 37.7 Å². The predicted octanol–water partition coefficient (Wildman–Crippen LogP) is 3.13. The SMILES string of the molecule is O=C(O)NC1CCC(CCNC(=O)OCc2ccccc2)CC1. The molecule has 1 aliphatic rings. The summed E-state index contributed by atoms with van der Waals surface area (Å²) in [5.74, 6) is 0.538. The largest absolute Gasteiger partial charge is 0.465 e. The molecule has 1 aromatic carbocycles. The number of ether oxygens (including phenoxy) is 1. The van der Waals surface area contributed by atoms with Crippen LogP contribution >= 0.6 is 0 Å². The smallest absolute Gasteiger partial charge is 0.407 e. The van der Waals surface area contributed by atoms with Gasteiger partial charge in [-0.3, -0.25) is 0 Å². The fourth-order valence-electron chi connectivity index (χ4n) is 2.92. The number of benzene rings is 1. The Morgan fingerprint density at radius 1 is 1.13 bits per heavy atom. The van der Waals surface area contributed by atoms with Gasteiger partial charge in [0.25, 0.3) is 0 Å². The van der Waals surface area contributed by atoms with Crippen LogP contribution in [0.25, 0.3) is 0 Å². The summed E-state index contributed by atoms with van der Waals surface area (Å²) < 4.78 is 5.15. The topological polar surface area (TPSA) is 87.7 Å². The highest BCUT2D eigenvalue weighted by Crippen LogP contribution is 2.26. The Labute approximate surface area is 136 Å². The molecule has 6 heteroatoms. The van der Waals surface area contributed by atoms with Crippen molar-refractivity contribution in [3.05, 3.63) is 35.9 Å². The second kappa shape index (κ2) is 9.02. The molecule has 2 amide bonds. The molecule has 0 bridgehead atoms. The molecule has 126 valence electrons. The summed E-state index contributed by atoms with van der Waals surface area (Å²) in [6.07, 6.45) is 3.29. The van der Waals surface area contributed by atoms with Crippen molar-refractivity contribution in [2.75, 3.05) is 6.54 Å². The lowest BCUT2D eigenvalue weighted by Crippen LogP contribution is -2.37. The molecule has 0 spiro atoms. The highest BCUT2D eigenvalue weighted by Gasteiger charge is 2.22. The Balaban J connectivity index is 1.55. The van der Waals surface area contributed by atoms with Gasteiger partial charge in [-0.05, 0) is 43.6 Å². The van der Waals surface area contributed by atoms with Crippen LogP contribution in [0.4, 0.5) is 9.59 Å². The summed E-state index contributed by atoms with van der Waals surface area (Å²) >= 11 is 0. The average Bonchev–Trinajstić information content (AvgIpc) is 2.55. The van der Waals surface area contributed by atoms with E-state index in [-0.39, 0.29) is 12.6 Å². The number of amides is 2. The van der Waals surface area contributed by atoms with Crippen LogP contribution in [0, 0.1) is 5.92 Å². The first-order valence-electron chi connectivity index (χ1n) is 8.07. The van der Waals surface area contributed by atoms with Gasteiger partial charge in [-0.25, -0.2) is 9.59 Å². The van der Waals surface area contributed by atoms with Gasteiger partial charge in [0, 0.05) is 12.6 Å². The van der Waals surface area contributed by atoms with Gasteiger partial charge in [-0.15, -0.1) is 0 Å². The first-order valence-corrected chi connectivity index (χ1v) is 8.07. The number of nitrogens with one attached hydrogen (secondary N) is 2. The summed E-state index contributed by atoms with van der Waals surface area (Å²) in [6, 6.07) is 9.64. The standard InChI is InChI=1S/C17H24N2O4/c20-16(21)19-15-8-6-13(7-9-15)10-11-18-17(22)23-12-14-4-2-1-3-5-14/h1-5,13,15,19H,6-12H2,(H,18,22)(H,20,21). The van der Waals surface area contributed by atoms with Crippen LogP contribution in [0.15, 0.2) is 30.3 Å². The number of hydrogen-bond donors (Lipinski definition) is 3. The van der Waals surface area contributed by atoms with Gasteiger partial charge in [0.2, 0.25) is 0 Å². The Bertz CT molecular complexity index is 499. The van der Waals surface area contributed by atoms with Crippen molar-refractivity contribution in [1.29, 1.82) is 0 Å². The zero-order valence-electron chi connectivity index (χ0n) is 13.2. The normalized spacial score (nSPS) is 20.5. The Morgan fingerprint density at radius 2 is 1.83 bits per heavy atom. The zero-order valence-corrected chi connectivity index (χ0v) is 13.2. The van der Waals surface area contributed by atoms with E-state index in [1.165, 1.54) is 0 Å². The lowest BCUT2D eigenvalue weighted by atomic mass is 9.84. The van der Waals surface area contributed by atoms with E-state index in [0.29, 0.717) is 12.5 Å². The minimum absolute atomic E-state index is 0.0764. The van der Waals surface area contributed by atoms with Crippen molar-refractivity contribution < 1.29 is 19.4 Å². The molecule has 0 unspecified atom stereocenters. The van der Waals surface area contributed by atoms with Crippen LogP contribution in [0.2, 0.25) is 0 Å². The van der Waals surface area contributed by atoms with E-state index in [4.69, 9.17) is 9.84 Å². The average molecular weight is 320 g/mol. The number of carbonyl (C=O) groups excluding carboxylic acids is 1. The van der Waals surface area contributed by atoms with Crippen LogP contribution in [0.3, 0.4) is 0 Å². The minimum Gasteiger partial charge on any atom is -0.465 e. The van der Waals surface area contributed by atoms with Crippen LogP contribution in [0.5, 0.6) is 0 Å². The quantitative estimate of drug-likeness (QED) is 0.751. The molecule has 3 N–H and O–H groups in total. The fraction of sp³-hybridized carbons (Fsp3) is 0.529. The maximum Gasteiger partial charge on any atom is 0.407 e. The third kappa shape index (κ3) is 6.59. The van der Waals surface area contributed by atoms with Gasteiger partial charge < -0.3 is 20.5 Å². The molecular weight excluding hydrogens is 296 g/mol. The van der Waals surface area contributed by atoms with Gasteiger partial charge in [0.1, 0.15) is 6.61 Å². The Kier molecular flexibility index (Phi) is 6.72. The predicted molar refractivity (Wildman–Crippen MR) is 86.2 cm³/mol. The van der Waals surface area contributed by atoms with E-state index in [0.717, 1.165) is 37.7 Å². The van der Waals surface area contributed by atoms with Gasteiger partial charge in [-0.1, -0.05) is 30.3 Å². The lowest BCUT2D eigenvalue weighted by Gasteiger charge is -2.28. The molecule has 1 aliphatic carbocycles. The molecule has 2 rings (SSSR count). The molecule has 0 aliphatic heterocycles. The maximum absolute atomic E-state index is 11.6. The van der Waals surface area contributed by atoms with Crippen molar-refractivity contribution in [1.82, 2.24) is 10.6 Å². The highest BCUT2D eigenvalue weighted by atomic mass is 16.5. The minimum atomic E-state index is -0.948. The molecule has 23 heavy (non-hydrogen) atoms. The summed E-state index contributed by atoms with van der Waals surface area (Å²) in [7, 11) is 0. The van der Waals surface area contributed by atoms with Gasteiger partial charge in [0.05, 0.1) is 0 Å². The fourth-order valence-corrected chi connectivity index (χ4v) is 2.92. The number of hydrogen-bond acceptors (Lipinski definition) is 3. The van der Waals surface area contributed by atoms with Crippen molar-refractivity contribution in [2.45, 2.75) is 44.8 Å². The van der Waals surface area contributed by atoms with E-state index in [2.05, 4.69) is 10.6 Å². The molecule has 1 saturated carbocycles. The molecule has 0 saturated heterocycles. The van der Waals surface area contributed by atoms with Crippen LogP contribution in [-0.2, 0) is 11.3 Å². The van der Waals surface area contributed by atoms with E-state index >= 15 is 0 Å². The van der Waals surface area contributed by atoms with Gasteiger partial charge >= 0.3 is 12.2 Å². The molecule has 1 fully saturated rings. The number of carbonyl (C=O) groups is 2. The molecular formula is C17H24N2O4. The molecule has 0 heterocycles. The van der Waals surface area contributed by atoms with Crippen LogP contribution < -0.4 is 10.6 Å². The summed E-state index contributed by atoms with van der Waals surface area (Å²) in [5.41, 5.74) is 0.965. The second-order valence-corrected chi connectivity index (χ2v) is 5.94. The van der Waals surface area contributed by atoms with Crippen LogP contribution in [-0.4, -0.2) is 29.9 Å².